The molecular weight excluding hydrogens is 320 g/mol. The molecule has 1 amide bonds. The predicted octanol–water partition coefficient (Wildman–Crippen LogP) is 3.29. The number of piperidine rings is 1. The fourth-order valence-corrected chi connectivity index (χ4v) is 4.28. The van der Waals surface area contributed by atoms with Crippen molar-refractivity contribution in [2.24, 2.45) is 0 Å². The second-order valence-corrected chi connectivity index (χ2v) is 7.34. The van der Waals surface area contributed by atoms with E-state index >= 15 is 0 Å². The highest BCUT2D eigenvalue weighted by Gasteiger charge is 2.24. The molecule has 2 aromatic heterocycles. The molecule has 5 nitrogen and oxygen atoms in total. The summed E-state index contributed by atoms with van der Waals surface area (Å²) in [7, 11) is 0. The molecule has 1 fully saturated rings. The second kappa shape index (κ2) is 6.73. The highest BCUT2D eigenvalue weighted by Crippen LogP contribution is 2.24. The van der Waals surface area contributed by atoms with Gasteiger partial charge in [-0.05, 0) is 25.0 Å². The molecule has 1 aromatic carbocycles. The van der Waals surface area contributed by atoms with E-state index in [1.54, 1.807) is 17.5 Å². The van der Waals surface area contributed by atoms with Gasteiger partial charge in [0, 0.05) is 38.3 Å². The molecule has 1 aliphatic rings. The van der Waals surface area contributed by atoms with Gasteiger partial charge in [0.1, 0.15) is 0 Å². The van der Waals surface area contributed by atoms with E-state index in [4.69, 9.17) is 0 Å². The Kier molecular flexibility index (Phi) is 4.30. The molecule has 1 atom stereocenters. The topological polar surface area (TPSA) is 51.0 Å². The summed E-state index contributed by atoms with van der Waals surface area (Å²) in [5, 5.41) is 1.05. The summed E-state index contributed by atoms with van der Waals surface area (Å²) in [6.45, 7) is 1.65. The Morgan fingerprint density at radius 1 is 1.33 bits per heavy atom. The van der Waals surface area contributed by atoms with Crippen LogP contribution in [-0.2, 0) is 11.2 Å². The summed E-state index contributed by atoms with van der Waals surface area (Å²) in [5.74, 6) is 0.235. The van der Waals surface area contributed by atoms with Crippen LogP contribution in [0, 0.1) is 0 Å². The number of carbonyl (C=O) groups excluding carboxylic acids is 1. The lowest BCUT2D eigenvalue weighted by molar-refractivity contribution is -0.132. The lowest BCUT2D eigenvalue weighted by Gasteiger charge is -2.33. The van der Waals surface area contributed by atoms with Gasteiger partial charge in [-0.1, -0.05) is 12.1 Å². The molecule has 0 saturated carbocycles. The van der Waals surface area contributed by atoms with E-state index in [-0.39, 0.29) is 5.91 Å². The zero-order chi connectivity index (χ0) is 16.4. The summed E-state index contributed by atoms with van der Waals surface area (Å²) >= 11 is 1.69. The van der Waals surface area contributed by atoms with Gasteiger partial charge in [0.15, 0.2) is 0 Å². The highest BCUT2D eigenvalue weighted by atomic mass is 32.1. The van der Waals surface area contributed by atoms with Crippen molar-refractivity contribution in [2.45, 2.75) is 31.7 Å². The number of imidazole rings is 1. The monoisotopic (exact) mass is 340 g/mol. The third-order valence-corrected chi connectivity index (χ3v) is 5.68. The average molecular weight is 340 g/mol. The van der Waals surface area contributed by atoms with Crippen LogP contribution in [0.15, 0.2) is 43.0 Å². The minimum absolute atomic E-state index is 0.235. The van der Waals surface area contributed by atoms with Gasteiger partial charge < -0.3 is 9.47 Å². The van der Waals surface area contributed by atoms with Gasteiger partial charge in [0.05, 0.1) is 27.6 Å². The third-order valence-electron chi connectivity index (χ3n) is 4.59. The minimum Gasteiger partial charge on any atom is -0.341 e. The third kappa shape index (κ3) is 3.19. The largest absolute Gasteiger partial charge is 0.341 e. The highest BCUT2D eigenvalue weighted by molar-refractivity contribution is 7.18. The molecule has 3 heterocycles. The Hall–Kier alpha value is -2.21. The number of hydrogen-bond acceptors (Lipinski definition) is 4. The average Bonchev–Trinajstić information content (AvgIpc) is 3.29. The zero-order valence-corrected chi connectivity index (χ0v) is 14.3. The Bertz CT molecular complexity index is 794. The van der Waals surface area contributed by atoms with E-state index in [0.29, 0.717) is 12.5 Å². The van der Waals surface area contributed by atoms with Gasteiger partial charge >= 0.3 is 0 Å². The van der Waals surface area contributed by atoms with E-state index in [0.717, 1.165) is 42.9 Å². The number of fused-ring (bicyclic) bond motifs is 1. The molecule has 0 bridgehead atoms. The SMILES string of the molecule is O=C(CCc1nc2ccccc2s1)N1CCC[C@@H](n2ccnc2)C1. The molecule has 0 aliphatic carbocycles. The van der Waals surface area contributed by atoms with Crippen LogP contribution in [0.3, 0.4) is 0 Å². The van der Waals surface area contributed by atoms with Gasteiger partial charge in [-0.3, -0.25) is 4.79 Å². The first-order chi connectivity index (χ1) is 11.8. The Morgan fingerprint density at radius 2 is 2.25 bits per heavy atom. The van der Waals surface area contributed by atoms with Crippen LogP contribution in [0.2, 0.25) is 0 Å². The van der Waals surface area contributed by atoms with Gasteiger partial charge in [-0.25, -0.2) is 9.97 Å². The number of benzene rings is 1. The van der Waals surface area contributed by atoms with E-state index in [9.17, 15) is 4.79 Å². The van der Waals surface area contributed by atoms with Crippen molar-refractivity contribution in [1.29, 1.82) is 0 Å². The van der Waals surface area contributed by atoms with Crippen LogP contribution in [0.1, 0.15) is 30.3 Å². The number of para-hydroxylation sites is 1. The van der Waals surface area contributed by atoms with Gasteiger partial charge in [0.2, 0.25) is 5.91 Å². The molecule has 0 spiro atoms. The number of rotatable bonds is 4. The Balaban J connectivity index is 1.37. The summed E-state index contributed by atoms with van der Waals surface area (Å²) in [4.78, 5) is 23.3. The van der Waals surface area contributed by atoms with Crippen molar-refractivity contribution in [1.82, 2.24) is 19.4 Å². The summed E-state index contributed by atoms with van der Waals surface area (Å²) in [6.07, 6.45) is 9.06. The predicted molar refractivity (Wildman–Crippen MR) is 95.0 cm³/mol. The first-order valence-electron chi connectivity index (χ1n) is 8.39. The first kappa shape index (κ1) is 15.3. The van der Waals surface area contributed by atoms with Crippen molar-refractivity contribution in [3.05, 3.63) is 48.0 Å². The smallest absolute Gasteiger partial charge is 0.223 e. The molecule has 124 valence electrons. The molecule has 1 aliphatic heterocycles. The Labute approximate surface area is 145 Å². The van der Waals surface area contributed by atoms with Crippen LogP contribution in [0.25, 0.3) is 10.2 Å². The number of aromatic nitrogens is 3. The zero-order valence-electron chi connectivity index (χ0n) is 13.5. The van der Waals surface area contributed by atoms with Crippen molar-refractivity contribution < 1.29 is 4.79 Å². The van der Waals surface area contributed by atoms with Gasteiger partial charge in [-0.2, -0.15) is 0 Å². The molecule has 3 aromatic rings. The molecule has 4 rings (SSSR count). The molecule has 6 heteroatoms. The molecular formula is C18H20N4OS. The quantitative estimate of drug-likeness (QED) is 0.732. The molecule has 0 N–H and O–H groups in total. The second-order valence-electron chi connectivity index (χ2n) is 6.22. The van der Waals surface area contributed by atoms with Crippen molar-refractivity contribution >= 4 is 27.5 Å². The minimum atomic E-state index is 0.235. The van der Waals surface area contributed by atoms with E-state index < -0.39 is 0 Å². The number of aryl methyl sites for hydroxylation is 1. The maximum Gasteiger partial charge on any atom is 0.223 e. The van der Waals surface area contributed by atoms with Crippen LogP contribution in [0.5, 0.6) is 0 Å². The van der Waals surface area contributed by atoms with Crippen LogP contribution < -0.4 is 0 Å². The maximum atomic E-state index is 12.6. The van der Waals surface area contributed by atoms with Crippen LogP contribution in [-0.4, -0.2) is 38.4 Å². The number of thiazole rings is 1. The van der Waals surface area contributed by atoms with E-state index in [2.05, 4.69) is 20.6 Å². The summed E-state index contributed by atoms with van der Waals surface area (Å²) < 4.78 is 3.31. The van der Waals surface area contributed by atoms with E-state index in [1.807, 2.05) is 35.6 Å². The summed E-state index contributed by atoms with van der Waals surface area (Å²) in [6, 6.07) is 8.49. The normalized spacial score (nSPS) is 18.2. The fourth-order valence-electron chi connectivity index (χ4n) is 3.31. The molecule has 24 heavy (non-hydrogen) atoms. The standard InChI is InChI=1S/C18H20N4OS/c23-18(8-7-17-20-15-5-1-2-6-16(15)24-17)21-10-3-4-14(12-21)22-11-9-19-13-22/h1-2,5-6,9,11,13-14H,3-4,7-8,10,12H2/t14-/m1/s1. The van der Waals surface area contributed by atoms with E-state index in [1.165, 1.54) is 4.70 Å². The number of amides is 1. The van der Waals surface area contributed by atoms with Crippen LogP contribution in [0.4, 0.5) is 0 Å². The van der Waals surface area contributed by atoms with Crippen molar-refractivity contribution in [2.75, 3.05) is 13.1 Å². The summed E-state index contributed by atoms with van der Waals surface area (Å²) in [5.41, 5.74) is 1.03. The van der Waals surface area contributed by atoms with Crippen molar-refractivity contribution in [3.8, 4) is 0 Å². The number of carbonyl (C=O) groups is 1. The fraction of sp³-hybridized carbons (Fsp3) is 0.389. The van der Waals surface area contributed by atoms with Gasteiger partial charge in [0.25, 0.3) is 0 Å². The lowest BCUT2D eigenvalue weighted by Crippen LogP contribution is -2.40. The number of hydrogen-bond donors (Lipinski definition) is 0. The lowest BCUT2D eigenvalue weighted by atomic mass is 10.0. The van der Waals surface area contributed by atoms with Gasteiger partial charge in [-0.15, -0.1) is 11.3 Å². The molecule has 0 radical (unpaired) electrons. The first-order valence-corrected chi connectivity index (χ1v) is 9.21. The molecule has 1 saturated heterocycles. The van der Waals surface area contributed by atoms with Crippen molar-refractivity contribution in [3.63, 3.8) is 0 Å². The number of likely N-dealkylation sites (tertiary alicyclic amines) is 1. The maximum absolute atomic E-state index is 12.6. The van der Waals surface area contributed by atoms with Crippen LogP contribution >= 0.6 is 11.3 Å². The molecule has 0 unspecified atom stereocenters. The number of nitrogens with zero attached hydrogens (tertiary/aromatic N) is 4. The Morgan fingerprint density at radius 3 is 3.08 bits per heavy atom.